The Morgan fingerprint density at radius 1 is 0.893 bits per heavy atom. The molecule has 0 atom stereocenters. The van der Waals surface area contributed by atoms with Crippen molar-refractivity contribution >= 4 is 16.9 Å². The molecule has 4 rings (SSSR count). The minimum atomic E-state index is 0.0120. The second-order valence-corrected chi connectivity index (χ2v) is 7.05. The van der Waals surface area contributed by atoms with Crippen LogP contribution in [0.15, 0.2) is 78.9 Å². The molecule has 4 aromatic rings. The fourth-order valence-electron chi connectivity index (χ4n) is 3.44. The van der Waals surface area contributed by atoms with Crippen LogP contribution in [0.2, 0.25) is 0 Å². The first-order chi connectivity index (χ1) is 13.6. The van der Waals surface area contributed by atoms with Crippen LogP contribution in [-0.4, -0.2) is 20.4 Å². The van der Waals surface area contributed by atoms with E-state index in [0.29, 0.717) is 18.7 Å². The lowest BCUT2D eigenvalue weighted by atomic mass is 10.1. The zero-order valence-corrected chi connectivity index (χ0v) is 16.2. The predicted molar refractivity (Wildman–Crippen MR) is 112 cm³/mol. The van der Waals surface area contributed by atoms with Gasteiger partial charge >= 0.3 is 0 Å². The van der Waals surface area contributed by atoms with E-state index < -0.39 is 0 Å². The van der Waals surface area contributed by atoms with Gasteiger partial charge in [-0.2, -0.15) is 0 Å². The first kappa shape index (κ1) is 18.0. The number of carbonyl (C=O) groups excluding carboxylic acids is 1. The topological polar surface area (TPSA) is 38.1 Å². The highest BCUT2D eigenvalue weighted by Crippen LogP contribution is 2.20. The molecular formula is C24H23N3O. The smallest absolute Gasteiger partial charge is 0.254 e. The molecule has 0 fully saturated rings. The standard InChI is InChI=1S/C24H23N3O/c1-18-25-22-15-21(13-14-23(22)26(18)2)24(28)27(16-19-9-5-3-6-10-19)17-20-11-7-4-8-12-20/h3-15H,16-17H2,1-2H3. The van der Waals surface area contributed by atoms with Crippen molar-refractivity contribution in [3.63, 3.8) is 0 Å². The number of imidazole rings is 1. The molecule has 1 heterocycles. The van der Waals surface area contributed by atoms with Gasteiger partial charge in [-0.05, 0) is 36.2 Å². The van der Waals surface area contributed by atoms with E-state index in [1.807, 2.05) is 78.0 Å². The number of amides is 1. The van der Waals surface area contributed by atoms with Crippen LogP contribution >= 0.6 is 0 Å². The molecule has 140 valence electrons. The number of hydrogen-bond acceptors (Lipinski definition) is 2. The van der Waals surface area contributed by atoms with Gasteiger partial charge in [-0.25, -0.2) is 4.98 Å². The van der Waals surface area contributed by atoms with E-state index in [-0.39, 0.29) is 5.91 Å². The van der Waals surface area contributed by atoms with Crippen molar-refractivity contribution in [2.75, 3.05) is 0 Å². The number of aryl methyl sites for hydroxylation is 2. The van der Waals surface area contributed by atoms with Gasteiger partial charge in [0.05, 0.1) is 11.0 Å². The van der Waals surface area contributed by atoms with Crippen LogP contribution in [0.3, 0.4) is 0 Å². The van der Waals surface area contributed by atoms with Gasteiger partial charge in [-0.1, -0.05) is 60.7 Å². The second-order valence-electron chi connectivity index (χ2n) is 7.05. The van der Waals surface area contributed by atoms with E-state index in [9.17, 15) is 4.79 Å². The van der Waals surface area contributed by atoms with Crippen molar-refractivity contribution in [1.82, 2.24) is 14.5 Å². The largest absolute Gasteiger partial charge is 0.331 e. The molecule has 0 aliphatic carbocycles. The average Bonchev–Trinajstić information content (AvgIpc) is 3.01. The Kier molecular flexibility index (Phi) is 4.94. The molecule has 3 aromatic carbocycles. The first-order valence-corrected chi connectivity index (χ1v) is 9.42. The molecule has 28 heavy (non-hydrogen) atoms. The lowest BCUT2D eigenvalue weighted by Crippen LogP contribution is -2.30. The summed E-state index contributed by atoms with van der Waals surface area (Å²) in [5.41, 5.74) is 4.78. The molecule has 0 bridgehead atoms. The van der Waals surface area contributed by atoms with Crippen LogP contribution in [0.5, 0.6) is 0 Å². The molecule has 0 unspecified atom stereocenters. The summed E-state index contributed by atoms with van der Waals surface area (Å²) >= 11 is 0. The molecule has 0 saturated heterocycles. The molecule has 0 spiro atoms. The predicted octanol–water partition coefficient (Wildman–Crippen LogP) is 4.72. The quantitative estimate of drug-likeness (QED) is 0.510. The lowest BCUT2D eigenvalue weighted by Gasteiger charge is -2.23. The summed E-state index contributed by atoms with van der Waals surface area (Å²) < 4.78 is 2.04. The van der Waals surface area contributed by atoms with Gasteiger partial charge in [0.25, 0.3) is 5.91 Å². The Morgan fingerprint density at radius 2 is 1.46 bits per heavy atom. The summed E-state index contributed by atoms with van der Waals surface area (Å²) in [6.07, 6.45) is 0. The van der Waals surface area contributed by atoms with Crippen molar-refractivity contribution in [1.29, 1.82) is 0 Å². The molecule has 4 nitrogen and oxygen atoms in total. The van der Waals surface area contributed by atoms with Crippen LogP contribution in [0.1, 0.15) is 27.3 Å². The summed E-state index contributed by atoms with van der Waals surface area (Å²) in [4.78, 5) is 19.8. The number of hydrogen-bond donors (Lipinski definition) is 0. The maximum Gasteiger partial charge on any atom is 0.254 e. The number of nitrogens with zero attached hydrogens (tertiary/aromatic N) is 3. The summed E-state index contributed by atoms with van der Waals surface area (Å²) in [6, 6.07) is 26.0. The Morgan fingerprint density at radius 3 is 2.04 bits per heavy atom. The van der Waals surface area contributed by atoms with Crippen LogP contribution in [-0.2, 0) is 20.1 Å². The zero-order valence-electron chi connectivity index (χ0n) is 16.2. The van der Waals surface area contributed by atoms with E-state index in [2.05, 4.69) is 29.2 Å². The summed E-state index contributed by atoms with van der Waals surface area (Å²) in [6.45, 7) is 3.10. The lowest BCUT2D eigenvalue weighted by molar-refractivity contribution is 0.0730. The number of benzene rings is 3. The van der Waals surface area contributed by atoms with Crippen molar-refractivity contribution < 1.29 is 4.79 Å². The van der Waals surface area contributed by atoms with Gasteiger partial charge < -0.3 is 9.47 Å². The van der Waals surface area contributed by atoms with E-state index in [1.165, 1.54) is 0 Å². The monoisotopic (exact) mass is 369 g/mol. The minimum Gasteiger partial charge on any atom is -0.331 e. The van der Waals surface area contributed by atoms with E-state index in [1.54, 1.807) is 0 Å². The van der Waals surface area contributed by atoms with Gasteiger partial charge in [-0.3, -0.25) is 4.79 Å². The maximum atomic E-state index is 13.4. The number of carbonyl (C=O) groups is 1. The van der Waals surface area contributed by atoms with Crippen LogP contribution in [0, 0.1) is 6.92 Å². The molecule has 1 amide bonds. The van der Waals surface area contributed by atoms with E-state index in [4.69, 9.17) is 0 Å². The molecule has 4 heteroatoms. The van der Waals surface area contributed by atoms with Crippen molar-refractivity contribution in [2.24, 2.45) is 7.05 Å². The van der Waals surface area contributed by atoms with Crippen molar-refractivity contribution in [3.05, 3.63) is 101 Å². The highest BCUT2D eigenvalue weighted by molar-refractivity contribution is 5.97. The number of fused-ring (bicyclic) bond motifs is 1. The van der Waals surface area contributed by atoms with Crippen LogP contribution < -0.4 is 0 Å². The van der Waals surface area contributed by atoms with Gasteiger partial charge in [0.2, 0.25) is 0 Å². The first-order valence-electron chi connectivity index (χ1n) is 9.42. The number of rotatable bonds is 5. The molecular weight excluding hydrogens is 346 g/mol. The fraction of sp³-hybridized carbons (Fsp3) is 0.167. The highest BCUT2D eigenvalue weighted by atomic mass is 16.2. The summed E-state index contributed by atoms with van der Waals surface area (Å²) in [7, 11) is 1.99. The second kappa shape index (κ2) is 7.69. The maximum absolute atomic E-state index is 13.4. The summed E-state index contributed by atoms with van der Waals surface area (Å²) in [5.74, 6) is 0.947. The molecule has 0 aliphatic heterocycles. The highest BCUT2D eigenvalue weighted by Gasteiger charge is 2.18. The Hall–Kier alpha value is -3.40. The zero-order chi connectivity index (χ0) is 19.5. The minimum absolute atomic E-state index is 0.0120. The SMILES string of the molecule is Cc1nc2cc(C(=O)N(Cc3ccccc3)Cc3ccccc3)ccc2n1C. The normalized spacial score (nSPS) is 10.9. The molecule has 0 aliphatic rings. The third-order valence-electron chi connectivity index (χ3n) is 5.07. The van der Waals surface area contributed by atoms with Gasteiger partial charge in [0, 0.05) is 25.7 Å². The third-order valence-corrected chi connectivity index (χ3v) is 5.07. The third kappa shape index (κ3) is 3.67. The Bertz CT molecular complexity index is 1060. The van der Waals surface area contributed by atoms with Crippen molar-refractivity contribution in [3.8, 4) is 0 Å². The van der Waals surface area contributed by atoms with Crippen LogP contribution in [0.25, 0.3) is 11.0 Å². The Labute approximate surface area is 165 Å². The van der Waals surface area contributed by atoms with Gasteiger partial charge in [-0.15, -0.1) is 0 Å². The van der Waals surface area contributed by atoms with Gasteiger partial charge in [0.15, 0.2) is 0 Å². The van der Waals surface area contributed by atoms with Crippen LogP contribution in [0.4, 0.5) is 0 Å². The average molecular weight is 369 g/mol. The summed E-state index contributed by atoms with van der Waals surface area (Å²) in [5, 5.41) is 0. The van der Waals surface area contributed by atoms with Gasteiger partial charge in [0.1, 0.15) is 5.82 Å². The van der Waals surface area contributed by atoms with Crippen molar-refractivity contribution in [2.45, 2.75) is 20.0 Å². The van der Waals surface area contributed by atoms with E-state index in [0.717, 1.165) is 28.0 Å². The molecule has 0 saturated carbocycles. The Balaban J connectivity index is 1.67. The molecule has 0 N–H and O–H groups in total. The van der Waals surface area contributed by atoms with E-state index >= 15 is 0 Å². The molecule has 0 radical (unpaired) electrons. The fourth-order valence-corrected chi connectivity index (χ4v) is 3.44. The number of aromatic nitrogens is 2. The molecule has 1 aromatic heterocycles.